The van der Waals surface area contributed by atoms with Crippen LogP contribution < -0.4 is 14.8 Å². The molecule has 0 unspecified atom stereocenters. The number of nitrogens with one attached hydrogen (secondary N) is 1. The van der Waals surface area contributed by atoms with Crippen molar-refractivity contribution >= 4 is 11.8 Å². The van der Waals surface area contributed by atoms with Gasteiger partial charge in [0.25, 0.3) is 0 Å². The number of aromatic nitrogens is 2. The maximum atomic E-state index is 12.0. The Morgan fingerprint density at radius 2 is 1.74 bits per heavy atom. The largest absolute Gasteiger partial charge is 0.494 e. The SMILES string of the molecule is CCN(CC)CC.COc1cc(NC(=O)Oc2ccccc2)ccc1-n1cnc(C)c1. The van der Waals surface area contributed by atoms with Crippen molar-refractivity contribution in [2.45, 2.75) is 27.7 Å². The average molecular weight is 425 g/mol. The van der Waals surface area contributed by atoms with Crippen molar-refractivity contribution in [1.29, 1.82) is 0 Å². The number of methoxy groups -OCH3 is 1. The summed E-state index contributed by atoms with van der Waals surface area (Å²) < 4.78 is 12.5. The Kier molecular flexibility index (Phi) is 9.58. The van der Waals surface area contributed by atoms with Gasteiger partial charge < -0.3 is 18.9 Å². The second-order valence-electron chi connectivity index (χ2n) is 6.76. The molecule has 1 aromatic heterocycles. The van der Waals surface area contributed by atoms with Gasteiger partial charge >= 0.3 is 6.09 Å². The van der Waals surface area contributed by atoms with Crippen molar-refractivity contribution < 1.29 is 14.3 Å². The number of para-hydroxylation sites is 1. The zero-order valence-electron chi connectivity index (χ0n) is 19.0. The van der Waals surface area contributed by atoms with E-state index in [9.17, 15) is 4.79 Å². The number of amides is 1. The molecule has 0 bridgehead atoms. The number of hydrogen-bond acceptors (Lipinski definition) is 5. The summed E-state index contributed by atoms with van der Waals surface area (Å²) in [6, 6.07) is 14.2. The van der Waals surface area contributed by atoms with Crippen LogP contribution in [0.25, 0.3) is 5.69 Å². The van der Waals surface area contributed by atoms with E-state index in [0.29, 0.717) is 17.2 Å². The quantitative estimate of drug-likeness (QED) is 0.568. The van der Waals surface area contributed by atoms with Crippen LogP contribution in [0.3, 0.4) is 0 Å². The fourth-order valence-electron chi connectivity index (χ4n) is 2.93. The molecule has 0 saturated carbocycles. The third-order valence-corrected chi connectivity index (χ3v) is 4.71. The van der Waals surface area contributed by atoms with E-state index < -0.39 is 6.09 Å². The molecule has 1 heterocycles. The Bertz CT molecular complexity index is 931. The molecule has 1 amide bonds. The van der Waals surface area contributed by atoms with Crippen molar-refractivity contribution in [3.05, 3.63) is 66.7 Å². The van der Waals surface area contributed by atoms with Gasteiger partial charge in [0.15, 0.2) is 0 Å². The molecular formula is C24H32N4O3. The van der Waals surface area contributed by atoms with Crippen LogP contribution in [0.5, 0.6) is 11.5 Å². The molecule has 1 N–H and O–H groups in total. The summed E-state index contributed by atoms with van der Waals surface area (Å²) in [6.07, 6.45) is 3.05. The third kappa shape index (κ3) is 7.46. The number of carbonyl (C=O) groups excluding carboxylic acids is 1. The molecule has 166 valence electrons. The minimum absolute atomic E-state index is 0.479. The molecule has 2 aromatic carbocycles. The van der Waals surface area contributed by atoms with E-state index in [-0.39, 0.29) is 0 Å². The van der Waals surface area contributed by atoms with Gasteiger partial charge in [-0.3, -0.25) is 5.32 Å². The Morgan fingerprint density at radius 3 is 2.26 bits per heavy atom. The topological polar surface area (TPSA) is 68.6 Å². The van der Waals surface area contributed by atoms with E-state index in [2.05, 4.69) is 36.0 Å². The van der Waals surface area contributed by atoms with E-state index >= 15 is 0 Å². The van der Waals surface area contributed by atoms with Gasteiger partial charge in [0, 0.05) is 18.0 Å². The van der Waals surface area contributed by atoms with Crippen LogP contribution in [0, 0.1) is 6.92 Å². The summed E-state index contributed by atoms with van der Waals surface area (Å²) in [4.78, 5) is 18.5. The molecule has 0 aliphatic heterocycles. The second kappa shape index (κ2) is 12.4. The molecule has 0 spiro atoms. The maximum absolute atomic E-state index is 12.0. The Morgan fingerprint density at radius 1 is 1.06 bits per heavy atom. The second-order valence-corrected chi connectivity index (χ2v) is 6.76. The zero-order chi connectivity index (χ0) is 22.6. The number of nitrogens with zero attached hydrogens (tertiary/aromatic N) is 3. The van der Waals surface area contributed by atoms with Crippen LogP contribution in [0.4, 0.5) is 10.5 Å². The minimum atomic E-state index is -0.561. The lowest BCUT2D eigenvalue weighted by Crippen LogP contribution is -2.21. The molecule has 0 atom stereocenters. The lowest BCUT2D eigenvalue weighted by Gasteiger charge is -2.13. The first kappa shape index (κ1) is 24.0. The molecule has 7 nitrogen and oxygen atoms in total. The zero-order valence-corrected chi connectivity index (χ0v) is 19.0. The van der Waals surface area contributed by atoms with Crippen LogP contribution in [0.1, 0.15) is 26.5 Å². The maximum Gasteiger partial charge on any atom is 0.417 e. The summed E-state index contributed by atoms with van der Waals surface area (Å²) in [6.45, 7) is 12.0. The van der Waals surface area contributed by atoms with Crippen LogP contribution in [0.15, 0.2) is 61.1 Å². The summed E-state index contributed by atoms with van der Waals surface area (Å²) in [7, 11) is 1.58. The molecule has 3 rings (SSSR count). The lowest BCUT2D eigenvalue weighted by atomic mass is 10.2. The van der Waals surface area contributed by atoms with E-state index in [1.54, 1.807) is 49.8 Å². The molecule has 0 radical (unpaired) electrons. The first-order valence-electron chi connectivity index (χ1n) is 10.5. The summed E-state index contributed by atoms with van der Waals surface area (Å²) in [5.41, 5.74) is 2.32. The van der Waals surface area contributed by atoms with E-state index in [0.717, 1.165) is 11.4 Å². The Labute approximate surface area is 184 Å². The van der Waals surface area contributed by atoms with E-state index in [4.69, 9.17) is 9.47 Å². The number of ether oxygens (including phenoxy) is 2. The van der Waals surface area contributed by atoms with Gasteiger partial charge in [0.1, 0.15) is 11.5 Å². The first-order chi connectivity index (χ1) is 15.0. The highest BCUT2D eigenvalue weighted by Crippen LogP contribution is 2.27. The summed E-state index contributed by atoms with van der Waals surface area (Å²) in [5.74, 6) is 1.09. The minimum Gasteiger partial charge on any atom is -0.494 e. The smallest absolute Gasteiger partial charge is 0.417 e. The van der Waals surface area contributed by atoms with Crippen LogP contribution >= 0.6 is 0 Å². The van der Waals surface area contributed by atoms with Gasteiger partial charge in [0.2, 0.25) is 0 Å². The van der Waals surface area contributed by atoms with Crippen molar-refractivity contribution in [1.82, 2.24) is 14.5 Å². The number of carbonyl (C=O) groups is 1. The number of rotatable bonds is 7. The van der Waals surface area contributed by atoms with Gasteiger partial charge in [-0.1, -0.05) is 39.0 Å². The Hall–Kier alpha value is -3.32. The predicted molar refractivity (Wildman–Crippen MR) is 124 cm³/mol. The molecule has 0 aliphatic carbocycles. The highest BCUT2D eigenvalue weighted by atomic mass is 16.6. The molecule has 3 aromatic rings. The van der Waals surface area contributed by atoms with Crippen molar-refractivity contribution in [3.63, 3.8) is 0 Å². The Balaban J connectivity index is 0.000000423. The highest BCUT2D eigenvalue weighted by Gasteiger charge is 2.10. The van der Waals surface area contributed by atoms with Crippen LogP contribution in [-0.2, 0) is 0 Å². The number of aryl methyl sites for hydroxylation is 1. The average Bonchev–Trinajstić information content (AvgIpc) is 3.22. The number of hydrogen-bond donors (Lipinski definition) is 1. The molecular weight excluding hydrogens is 392 g/mol. The molecule has 0 saturated heterocycles. The van der Waals surface area contributed by atoms with E-state index in [1.807, 2.05) is 29.8 Å². The van der Waals surface area contributed by atoms with Crippen molar-refractivity contribution in [2.75, 3.05) is 32.1 Å². The van der Waals surface area contributed by atoms with Crippen molar-refractivity contribution in [2.24, 2.45) is 0 Å². The number of imidazole rings is 1. The predicted octanol–water partition coefficient (Wildman–Crippen LogP) is 5.15. The van der Waals surface area contributed by atoms with Gasteiger partial charge in [-0.25, -0.2) is 9.78 Å². The molecule has 7 heteroatoms. The van der Waals surface area contributed by atoms with E-state index in [1.165, 1.54) is 19.6 Å². The summed E-state index contributed by atoms with van der Waals surface area (Å²) >= 11 is 0. The van der Waals surface area contributed by atoms with Crippen LogP contribution in [0.2, 0.25) is 0 Å². The van der Waals surface area contributed by atoms with Gasteiger partial charge in [-0.05, 0) is 50.8 Å². The fourth-order valence-corrected chi connectivity index (χ4v) is 2.93. The normalized spacial score (nSPS) is 10.3. The van der Waals surface area contributed by atoms with Gasteiger partial charge in [-0.2, -0.15) is 0 Å². The molecule has 31 heavy (non-hydrogen) atoms. The number of anilines is 1. The van der Waals surface area contributed by atoms with Crippen LogP contribution in [-0.4, -0.2) is 47.3 Å². The van der Waals surface area contributed by atoms with Gasteiger partial charge in [-0.15, -0.1) is 0 Å². The standard InChI is InChI=1S/C18H17N3O3.C6H15N/c1-13-11-21(12-19-13)16-9-8-14(10-17(16)23-2)20-18(22)24-15-6-4-3-5-7-15;1-4-7(5-2)6-3/h3-12H,1-2H3,(H,20,22);4-6H2,1-3H3. The molecule has 0 aliphatic rings. The molecule has 0 fully saturated rings. The fraction of sp³-hybridized carbons (Fsp3) is 0.333. The monoisotopic (exact) mass is 424 g/mol. The first-order valence-corrected chi connectivity index (χ1v) is 10.5. The van der Waals surface area contributed by atoms with Crippen molar-refractivity contribution in [3.8, 4) is 17.2 Å². The highest BCUT2D eigenvalue weighted by molar-refractivity contribution is 5.86. The summed E-state index contributed by atoms with van der Waals surface area (Å²) in [5, 5.41) is 2.68. The lowest BCUT2D eigenvalue weighted by molar-refractivity contribution is 0.215. The number of benzene rings is 2. The van der Waals surface area contributed by atoms with Gasteiger partial charge in [0.05, 0.1) is 24.8 Å². The third-order valence-electron chi connectivity index (χ3n) is 4.71.